The molecule has 2 amide bonds. The molecule has 0 saturated carbocycles. The quantitative estimate of drug-likeness (QED) is 0.761. The first kappa shape index (κ1) is 21.5. The Balaban J connectivity index is 2.27. The van der Waals surface area contributed by atoms with Crippen molar-refractivity contribution in [1.29, 1.82) is 0 Å². The fourth-order valence-corrected chi connectivity index (χ4v) is 3.32. The van der Waals surface area contributed by atoms with Crippen LogP contribution in [0.5, 0.6) is 5.75 Å². The molecule has 0 bridgehead atoms. The molecule has 0 aromatic heterocycles. The zero-order chi connectivity index (χ0) is 20.7. The molecule has 2 aromatic rings. The van der Waals surface area contributed by atoms with Crippen LogP contribution in [0.4, 0.5) is 0 Å². The number of aryl methyl sites for hydroxylation is 2. The molecule has 0 saturated heterocycles. The number of hydrogen-bond acceptors (Lipinski definition) is 3. The highest BCUT2D eigenvalue weighted by Crippen LogP contribution is 2.18. The van der Waals surface area contributed by atoms with Gasteiger partial charge >= 0.3 is 0 Å². The van der Waals surface area contributed by atoms with Crippen molar-refractivity contribution in [2.45, 2.75) is 46.7 Å². The van der Waals surface area contributed by atoms with Crippen molar-refractivity contribution in [2.75, 3.05) is 13.7 Å². The van der Waals surface area contributed by atoms with Gasteiger partial charge in [0.1, 0.15) is 11.8 Å². The third-order valence-corrected chi connectivity index (χ3v) is 4.64. The summed E-state index contributed by atoms with van der Waals surface area (Å²) in [5.41, 5.74) is 4.13. The number of methoxy groups -OCH3 is 1. The molecule has 0 heterocycles. The molecule has 2 aromatic carbocycles. The Morgan fingerprint density at radius 3 is 2.36 bits per heavy atom. The summed E-state index contributed by atoms with van der Waals surface area (Å²) in [5.74, 6) is 0.496. The minimum Gasteiger partial charge on any atom is -0.497 e. The van der Waals surface area contributed by atoms with Crippen LogP contribution in [0.1, 0.15) is 36.1 Å². The third kappa shape index (κ3) is 5.84. The fourth-order valence-electron chi connectivity index (χ4n) is 3.32. The number of likely N-dealkylation sites (N-methyl/N-ethyl adjacent to an activating group) is 1. The second kappa shape index (κ2) is 9.93. The molecule has 1 unspecified atom stereocenters. The van der Waals surface area contributed by atoms with Gasteiger partial charge in [-0.3, -0.25) is 9.59 Å². The first-order chi connectivity index (χ1) is 13.3. The Hall–Kier alpha value is -2.82. The van der Waals surface area contributed by atoms with Gasteiger partial charge in [0.2, 0.25) is 11.8 Å². The molecule has 0 aliphatic heterocycles. The van der Waals surface area contributed by atoms with Gasteiger partial charge in [0.15, 0.2) is 0 Å². The zero-order valence-electron chi connectivity index (χ0n) is 17.4. The Bertz CT molecular complexity index is 812. The van der Waals surface area contributed by atoms with Crippen molar-refractivity contribution in [3.05, 3.63) is 64.7 Å². The second-order valence-corrected chi connectivity index (χ2v) is 7.12. The van der Waals surface area contributed by atoms with E-state index in [0.717, 1.165) is 28.0 Å². The monoisotopic (exact) mass is 382 g/mol. The van der Waals surface area contributed by atoms with Crippen molar-refractivity contribution in [3.63, 3.8) is 0 Å². The SMILES string of the molecule is CCNC(=O)C(C)N(Cc1cccc(OC)c1)C(=O)Cc1cc(C)cc(C)c1. The highest BCUT2D eigenvalue weighted by atomic mass is 16.5. The Labute approximate surface area is 167 Å². The van der Waals surface area contributed by atoms with E-state index in [2.05, 4.69) is 11.4 Å². The van der Waals surface area contributed by atoms with Crippen LogP contribution in [-0.4, -0.2) is 36.4 Å². The molecular weight excluding hydrogens is 352 g/mol. The number of hydrogen-bond donors (Lipinski definition) is 1. The van der Waals surface area contributed by atoms with E-state index < -0.39 is 6.04 Å². The normalized spacial score (nSPS) is 11.6. The zero-order valence-corrected chi connectivity index (χ0v) is 17.4. The molecule has 0 aliphatic rings. The number of amides is 2. The summed E-state index contributed by atoms with van der Waals surface area (Å²) < 4.78 is 5.28. The maximum atomic E-state index is 13.2. The summed E-state index contributed by atoms with van der Waals surface area (Å²) in [6.45, 7) is 8.55. The topological polar surface area (TPSA) is 58.6 Å². The number of nitrogens with zero attached hydrogens (tertiary/aromatic N) is 1. The first-order valence-corrected chi connectivity index (χ1v) is 9.61. The summed E-state index contributed by atoms with van der Waals surface area (Å²) in [7, 11) is 1.61. The molecule has 5 heteroatoms. The van der Waals surface area contributed by atoms with Crippen molar-refractivity contribution >= 4 is 11.8 Å². The van der Waals surface area contributed by atoms with E-state index in [9.17, 15) is 9.59 Å². The van der Waals surface area contributed by atoms with E-state index >= 15 is 0 Å². The van der Waals surface area contributed by atoms with E-state index in [-0.39, 0.29) is 18.2 Å². The van der Waals surface area contributed by atoms with Crippen molar-refractivity contribution in [1.82, 2.24) is 10.2 Å². The lowest BCUT2D eigenvalue weighted by atomic mass is 10.0. The summed E-state index contributed by atoms with van der Waals surface area (Å²) in [5, 5.41) is 2.81. The van der Waals surface area contributed by atoms with Gasteiger partial charge < -0.3 is 15.0 Å². The molecule has 0 fully saturated rings. The highest BCUT2D eigenvalue weighted by molar-refractivity contribution is 5.88. The average Bonchev–Trinajstić information content (AvgIpc) is 2.65. The molecule has 1 N–H and O–H groups in total. The predicted octanol–water partition coefficient (Wildman–Crippen LogP) is 3.41. The number of rotatable bonds is 8. The van der Waals surface area contributed by atoms with E-state index in [1.54, 1.807) is 18.9 Å². The smallest absolute Gasteiger partial charge is 0.242 e. The van der Waals surface area contributed by atoms with Crippen LogP contribution in [-0.2, 0) is 22.6 Å². The lowest BCUT2D eigenvalue weighted by Crippen LogP contribution is -2.48. The standard InChI is InChI=1S/C23H30N2O3/c1-6-24-23(27)18(4)25(15-19-8-7-9-21(13-19)28-5)22(26)14-20-11-16(2)10-17(3)12-20/h7-13,18H,6,14-15H2,1-5H3,(H,24,27). The van der Waals surface area contributed by atoms with E-state index in [0.29, 0.717) is 13.1 Å². The van der Waals surface area contributed by atoms with Gasteiger partial charge in [0.05, 0.1) is 13.5 Å². The lowest BCUT2D eigenvalue weighted by molar-refractivity contribution is -0.140. The van der Waals surface area contributed by atoms with Crippen LogP contribution in [0.25, 0.3) is 0 Å². The van der Waals surface area contributed by atoms with E-state index in [1.807, 2.05) is 57.2 Å². The molecule has 0 radical (unpaired) electrons. The van der Waals surface area contributed by atoms with Crippen molar-refractivity contribution < 1.29 is 14.3 Å². The Morgan fingerprint density at radius 2 is 1.75 bits per heavy atom. The molecule has 5 nitrogen and oxygen atoms in total. The first-order valence-electron chi connectivity index (χ1n) is 9.61. The summed E-state index contributed by atoms with van der Waals surface area (Å²) in [6, 6.07) is 13.1. The number of benzene rings is 2. The highest BCUT2D eigenvalue weighted by Gasteiger charge is 2.26. The van der Waals surface area contributed by atoms with Crippen LogP contribution in [0.2, 0.25) is 0 Å². The Kier molecular flexibility index (Phi) is 7.61. The minimum atomic E-state index is -0.565. The maximum absolute atomic E-state index is 13.2. The summed E-state index contributed by atoms with van der Waals surface area (Å²) in [6.07, 6.45) is 0.260. The molecule has 150 valence electrons. The number of ether oxygens (including phenoxy) is 1. The van der Waals surface area contributed by atoms with Crippen LogP contribution in [0.15, 0.2) is 42.5 Å². The molecule has 2 rings (SSSR count). The average molecular weight is 383 g/mol. The minimum absolute atomic E-state index is 0.0772. The maximum Gasteiger partial charge on any atom is 0.242 e. The van der Waals surface area contributed by atoms with Gasteiger partial charge in [-0.1, -0.05) is 41.5 Å². The van der Waals surface area contributed by atoms with Crippen molar-refractivity contribution in [3.8, 4) is 5.75 Å². The second-order valence-electron chi connectivity index (χ2n) is 7.12. The lowest BCUT2D eigenvalue weighted by Gasteiger charge is -2.29. The molecule has 28 heavy (non-hydrogen) atoms. The largest absolute Gasteiger partial charge is 0.497 e. The molecule has 0 spiro atoms. The van der Waals surface area contributed by atoms with Crippen LogP contribution < -0.4 is 10.1 Å². The summed E-state index contributed by atoms with van der Waals surface area (Å²) >= 11 is 0. The third-order valence-electron chi connectivity index (χ3n) is 4.64. The van der Waals surface area contributed by atoms with Gasteiger partial charge in [-0.05, 0) is 51.0 Å². The summed E-state index contributed by atoms with van der Waals surface area (Å²) in [4.78, 5) is 27.2. The van der Waals surface area contributed by atoms with E-state index in [1.165, 1.54) is 0 Å². The van der Waals surface area contributed by atoms with Crippen LogP contribution >= 0.6 is 0 Å². The number of carbonyl (C=O) groups excluding carboxylic acids is 2. The van der Waals surface area contributed by atoms with E-state index in [4.69, 9.17) is 4.74 Å². The number of carbonyl (C=O) groups is 2. The predicted molar refractivity (Wildman–Crippen MR) is 111 cm³/mol. The van der Waals surface area contributed by atoms with Crippen LogP contribution in [0, 0.1) is 13.8 Å². The van der Waals surface area contributed by atoms with Gasteiger partial charge in [-0.15, -0.1) is 0 Å². The van der Waals surface area contributed by atoms with Gasteiger partial charge in [-0.2, -0.15) is 0 Å². The molecule has 0 aliphatic carbocycles. The van der Waals surface area contributed by atoms with Gasteiger partial charge in [0.25, 0.3) is 0 Å². The van der Waals surface area contributed by atoms with Crippen LogP contribution in [0.3, 0.4) is 0 Å². The van der Waals surface area contributed by atoms with Gasteiger partial charge in [-0.25, -0.2) is 0 Å². The molecule has 1 atom stereocenters. The Morgan fingerprint density at radius 1 is 1.07 bits per heavy atom. The van der Waals surface area contributed by atoms with Gasteiger partial charge in [0, 0.05) is 13.1 Å². The molecular formula is C23H30N2O3. The fraction of sp³-hybridized carbons (Fsp3) is 0.391. The number of nitrogens with one attached hydrogen (secondary N) is 1. The van der Waals surface area contributed by atoms with Crippen molar-refractivity contribution in [2.24, 2.45) is 0 Å².